The summed E-state index contributed by atoms with van der Waals surface area (Å²) < 4.78 is 17.9. The van der Waals surface area contributed by atoms with Gasteiger partial charge in [0, 0.05) is 24.0 Å². The molecule has 2 aromatic rings. The van der Waals surface area contributed by atoms with Crippen LogP contribution in [-0.4, -0.2) is 25.3 Å². The van der Waals surface area contributed by atoms with Gasteiger partial charge in [-0.05, 0) is 165 Å². The molecule has 0 aromatic heterocycles. The van der Waals surface area contributed by atoms with Gasteiger partial charge in [0.2, 0.25) is 0 Å². The summed E-state index contributed by atoms with van der Waals surface area (Å²) in [7, 11) is 0. The first kappa shape index (κ1) is 42.4. The Morgan fingerprint density at radius 3 is 2.05 bits per heavy atom. The molecule has 0 aliphatic heterocycles. The van der Waals surface area contributed by atoms with E-state index in [0.717, 1.165) is 103 Å². The van der Waals surface area contributed by atoms with Crippen molar-refractivity contribution in [2.75, 3.05) is 13.2 Å². The van der Waals surface area contributed by atoms with E-state index in [0.29, 0.717) is 18.4 Å². The van der Waals surface area contributed by atoms with E-state index in [4.69, 9.17) is 14.2 Å². The smallest absolute Gasteiger partial charge is 0.306 e. The number of ether oxygens (including phenoxy) is 3. The van der Waals surface area contributed by atoms with Gasteiger partial charge in [-0.1, -0.05) is 97.1 Å². The van der Waals surface area contributed by atoms with Crippen LogP contribution in [0.1, 0.15) is 168 Å². The normalized spacial score (nSPS) is 28.6. The number of carbonyl (C=O) groups is 1. The monoisotopic (exact) mass is 763 g/mol. The van der Waals surface area contributed by atoms with Crippen LogP contribution in [0.3, 0.4) is 0 Å². The highest BCUT2D eigenvalue weighted by atomic mass is 16.5. The molecule has 0 radical (unpaired) electrons. The molecule has 0 bridgehead atoms. The third-order valence-corrected chi connectivity index (χ3v) is 14.9. The third kappa shape index (κ3) is 10.6. The van der Waals surface area contributed by atoms with E-state index in [1.54, 1.807) is 5.57 Å². The first-order valence-electron chi connectivity index (χ1n) is 23.0. The van der Waals surface area contributed by atoms with Gasteiger partial charge in [0.1, 0.15) is 17.6 Å². The van der Waals surface area contributed by atoms with Crippen molar-refractivity contribution >= 4 is 5.97 Å². The van der Waals surface area contributed by atoms with Crippen LogP contribution in [0.5, 0.6) is 11.5 Å². The van der Waals surface area contributed by atoms with E-state index in [9.17, 15) is 4.79 Å². The van der Waals surface area contributed by atoms with Gasteiger partial charge >= 0.3 is 5.97 Å². The molecular formula is C52H74O4. The van der Waals surface area contributed by atoms with Crippen molar-refractivity contribution in [1.82, 2.24) is 0 Å². The molecule has 306 valence electrons. The fraction of sp³-hybridized carbons (Fsp3) is 0.673. The zero-order valence-electron chi connectivity index (χ0n) is 36.0. The molecule has 0 saturated heterocycles. The van der Waals surface area contributed by atoms with Crippen LogP contribution in [0, 0.1) is 58.2 Å². The van der Waals surface area contributed by atoms with E-state index >= 15 is 0 Å². The molecule has 4 heteroatoms. The van der Waals surface area contributed by atoms with Crippen LogP contribution in [0.2, 0.25) is 0 Å². The molecular weight excluding hydrogens is 689 g/mol. The number of hydrogen-bond donors (Lipinski definition) is 0. The summed E-state index contributed by atoms with van der Waals surface area (Å²) in [5.41, 5.74) is 4.35. The minimum atomic E-state index is -0.0230. The highest BCUT2D eigenvalue weighted by Gasteiger charge is 2.59. The number of rotatable bonds is 18. The summed E-state index contributed by atoms with van der Waals surface area (Å²) in [6.07, 6.45) is 23.6. The number of esters is 1. The summed E-state index contributed by atoms with van der Waals surface area (Å²) >= 11 is 0. The Kier molecular flexibility index (Phi) is 15.1. The summed E-state index contributed by atoms with van der Waals surface area (Å²) in [4.78, 5) is 12.9. The summed E-state index contributed by atoms with van der Waals surface area (Å²) in [5.74, 6) is 13.3. The summed E-state index contributed by atoms with van der Waals surface area (Å²) in [6.45, 7) is 16.2. The van der Waals surface area contributed by atoms with Gasteiger partial charge in [-0.2, -0.15) is 0 Å². The minimum Gasteiger partial charge on any atom is -0.494 e. The Balaban J connectivity index is 0.871. The van der Waals surface area contributed by atoms with Gasteiger partial charge in [0.05, 0.1) is 13.2 Å². The van der Waals surface area contributed by atoms with Gasteiger partial charge in [-0.3, -0.25) is 4.79 Å². The van der Waals surface area contributed by atoms with Crippen molar-refractivity contribution in [1.29, 1.82) is 0 Å². The highest BCUT2D eigenvalue weighted by Crippen LogP contribution is 2.67. The Bertz CT molecular complexity index is 1630. The van der Waals surface area contributed by atoms with E-state index in [2.05, 4.69) is 59.5 Å². The fourth-order valence-electron chi connectivity index (χ4n) is 11.7. The maximum Gasteiger partial charge on any atom is 0.306 e. The van der Waals surface area contributed by atoms with Crippen molar-refractivity contribution in [2.45, 2.75) is 163 Å². The number of hydrogen-bond acceptors (Lipinski definition) is 4. The first-order valence-corrected chi connectivity index (χ1v) is 23.0. The van der Waals surface area contributed by atoms with Crippen LogP contribution in [-0.2, 0) is 9.53 Å². The zero-order valence-corrected chi connectivity index (χ0v) is 36.0. The van der Waals surface area contributed by atoms with E-state index in [-0.39, 0.29) is 17.5 Å². The Morgan fingerprint density at radius 1 is 0.750 bits per heavy atom. The molecule has 0 spiro atoms. The molecule has 3 saturated carbocycles. The molecule has 8 atom stereocenters. The fourth-order valence-corrected chi connectivity index (χ4v) is 11.7. The SMILES string of the molecule is CCCCCOc1ccc(C#Cc2ccc(OCCCCCC(=O)O[C@H]3CC[C@@]4(C)C(=CC[C@H]5[C@@H]6CC[C@H]([C@H](C)CCCC(C)C)[C@@]6(C)CC[C@@H]54)C3)cc2)cc1. The molecule has 0 N–H and O–H groups in total. The Labute approximate surface area is 341 Å². The minimum absolute atomic E-state index is 0.0230. The van der Waals surface area contributed by atoms with E-state index < -0.39 is 0 Å². The lowest BCUT2D eigenvalue weighted by atomic mass is 9.47. The average Bonchev–Trinajstić information content (AvgIpc) is 3.55. The van der Waals surface area contributed by atoms with Gasteiger partial charge in [-0.15, -0.1) is 0 Å². The second kappa shape index (κ2) is 20.0. The van der Waals surface area contributed by atoms with Crippen molar-refractivity contribution in [3.8, 4) is 23.3 Å². The quantitative estimate of drug-likeness (QED) is 0.0657. The summed E-state index contributed by atoms with van der Waals surface area (Å²) in [6, 6.07) is 16.0. The Morgan fingerprint density at radius 2 is 1.41 bits per heavy atom. The molecule has 6 rings (SSSR count). The maximum absolute atomic E-state index is 12.9. The number of fused-ring (bicyclic) bond motifs is 5. The predicted octanol–water partition coefficient (Wildman–Crippen LogP) is 13.5. The van der Waals surface area contributed by atoms with Crippen molar-refractivity contribution in [2.24, 2.45) is 46.3 Å². The van der Waals surface area contributed by atoms with E-state index in [1.165, 1.54) is 70.6 Å². The van der Waals surface area contributed by atoms with Crippen molar-refractivity contribution in [3.05, 3.63) is 71.3 Å². The number of unbranched alkanes of at least 4 members (excludes halogenated alkanes) is 4. The molecule has 0 unspecified atom stereocenters. The number of benzene rings is 2. The number of allylic oxidation sites excluding steroid dienone is 1. The first-order chi connectivity index (χ1) is 27.1. The molecule has 0 heterocycles. The number of carbonyl (C=O) groups excluding carboxylic acids is 1. The second-order valence-electron chi connectivity index (χ2n) is 19.2. The predicted molar refractivity (Wildman–Crippen MR) is 231 cm³/mol. The molecule has 56 heavy (non-hydrogen) atoms. The lowest BCUT2D eigenvalue weighted by molar-refractivity contribution is -0.151. The van der Waals surface area contributed by atoms with Crippen molar-refractivity contribution < 1.29 is 19.0 Å². The molecule has 2 aromatic carbocycles. The van der Waals surface area contributed by atoms with Crippen LogP contribution in [0.25, 0.3) is 0 Å². The highest BCUT2D eigenvalue weighted by molar-refractivity contribution is 5.69. The molecule has 4 nitrogen and oxygen atoms in total. The third-order valence-electron chi connectivity index (χ3n) is 14.9. The molecule has 3 fully saturated rings. The molecule has 4 aliphatic rings. The molecule has 0 amide bonds. The maximum atomic E-state index is 12.9. The van der Waals surface area contributed by atoms with Gasteiger partial charge < -0.3 is 14.2 Å². The molecule has 4 aliphatic carbocycles. The zero-order chi connectivity index (χ0) is 39.5. The van der Waals surface area contributed by atoms with Crippen LogP contribution in [0.15, 0.2) is 60.2 Å². The summed E-state index contributed by atoms with van der Waals surface area (Å²) in [5, 5.41) is 0. The standard InChI is InChI=1S/C52H74O4/c1-7-8-11-35-54-43-24-19-40(20-25-43)17-18-41-21-26-44(27-22-41)55-36-12-9-10-16-50(53)56-45-31-33-51(5)42(37-45)23-28-46-48-30-29-47(39(4)15-13-14-38(2)3)52(48,6)34-32-49(46)51/h19-27,38-39,45-49H,7-16,28-37H2,1-6H3/t39-,45+,46+,47-,48+,49+,51+,52-/m1/s1. The topological polar surface area (TPSA) is 44.8 Å². The van der Waals surface area contributed by atoms with Crippen LogP contribution >= 0.6 is 0 Å². The Hall–Kier alpha value is -3.19. The van der Waals surface area contributed by atoms with Gasteiger partial charge in [0.25, 0.3) is 0 Å². The van der Waals surface area contributed by atoms with Crippen LogP contribution in [0.4, 0.5) is 0 Å². The van der Waals surface area contributed by atoms with Gasteiger partial charge in [0.15, 0.2) is 0 Å². The van der Waals surface area contributed by atoms with Gasteiger partial charge in [-0.25, -0.2) is 0 Å². The van der Waals surface area contributed by atoms with E-state index in [1.807, 2.05) is 48.5 Å². The van der Waals surface area contributed by atoms with Crippen molar-refractivity contribution in [3.63, 3.8) is 0 Å². The average molecular weight is 763 g/mol. The largest absolute Gasteiger partial charge is 0.494 e. The lowest BCUT2D eigenvalue weighted by Crippen LogP contribution is -2.51. The van der Waals surface area contributed by atoms with Crippen LogP contribution < -0.4 is 9.47 Å². The second-order valence-corrected chi connectivity index (χ2v) is 19.2. The lowest BCUT2D eigenvalue weighted by Gasteiger charge is -2.58.